The van der Waals surface area contributed by atoms with Gasteiger partial charge in [-0.25, -0.2) is 9.37 Å². The molecule has 4 rings (SSSR count). The van der Waals surface area contributed by atoms with E-state index in [0.717, 1.165) is 27.7 Å². The maximum Gasteiger partial charge on any atom is 0.252 e. The van der Waals surface area contributed by atoms with Crippen molar-refractivity contribution < 1.29 is 9.18 Å². The summed E-state index contributed by atoms with van der Waals surface area (Å²) in [5.74, 6) is -0.443. The van der Waals surface area contributed by atoms with Gasteiger partial charge in [-0.1, -0.05) is 44.2 Å². The third kappa shape index (κ3) is 4.19. The first kappa shape index (κ1) is 20.7. The number of hydrogen-bond donors (Lipinski definition) is 1. The van der Waals surface area contributed by atoms with Crippen LogP contribution in [0.5, 0.6) is 0 Å². The smallest absolute Gasteiger partial charge is 0.252 e. The Hall–Kier alpha value is -3.54. The van der Waals surface area contributed by atoms with Gasteiger partial charge >= 0.3 is 0 Å². The number of rotatable bonds is 5. The lowest BCUT2D eigenvalue weighted by Crippen LogP contribution is -2.36. The second-order valence-corrected chi connectivity index (χ2v) is 8.45. The van der Waals surface area contributed by atoms with Crippen LogP contribution in [0, 0.1) is 12.7 Å². The fourth-order valence-electron chi connectivity index (χ4n) is 3.75. The fourth-order valence-corrected chi connectivity index (χ4v) is 3.75. The van der Waals surface area contributed by atoms with Gasteiger partial charge in [0.25, 0.3) is 5.91 Å². The molecule has 0 aliphatic rings. The number of aryl methyl sites for hydroxylation is 2. The molecule has 0 unspecified atom stereocenters. The van der Waals surface area contributed by atoms with Crippen LogP contribution in [0.25, 0.3) is 22.2 Å². The number of carbonyl (C=O) groups excluding carboxylic acids is 1. The van der Waals surface area contributed by atoms with E-state index in [2.05, 4.69) is 10.4 Å². The highest BCUT2D eigenvalue weighted by Crippen LogP contribution is 2.27. The van der Waals surface area contributed by atoms with Gasteiger partial charge in [0.05, 0.1) is 22.5 Å². The molecule has 0 radical (unpaired) electrons. The molecule has 0 saturated carbocycles. The van der Waals surface area contributed by atoms with Gasteiger partial charge in [0.15, 0.2) is 0 Å². The monoisotopic (exact) mass is 416 g/mol. The molecule has 158 valence electrons. The first-order chi connectivity index (χ1) is 14.7. The summed E-state index contributed by atoms with van der Waals surface area (Å²) in [5, 5.41) is 8.26. The minimum Gasteiger partial charge on any atom is -0.351 e. The van der Waals surface area contributed by atoms with Crippen molar-refractivity contribution in [3.8, 4) is 11.3 Å². The van der Waals surface area contributed by atoms with Gasteiger partial charge in [0.1, 0.15) is 5.82 Å². The molecule has 0 fully saturated rings. The summed E-state index contributed by atoms with van der Waals surface area (Å²) in [5.41, 5.74) is 4.40. The highest BCUT2D eigenvalue weighted by molar-refractivity contribution is 6.07. The molecule has 2 heterocycles. The van der Waals surface area contributed by atoms with Crippen molar-refractivity contribution in [1.82, 2.24) is 20.1 Å². The van der Waals surface area contributed by atoms with Crippen molar-refractivity contribution in [2.75, 3.05) is 6.54 Å². The second-order valence-electron chi connectivity index (χ2n) is 8.45. The lowest BCUT2D eigenvalue weighted by molar-refractivity contribution is 0.0947. The molecule has 0 saturated heterocycles. The summed E-state index contributed by atoms with van der Waals surface area (Å²) in [6, 6.07) is 15.8. The van der Waals surface area contributed by atoms with Crippen molar-refractivity contribution in [2.45, 2.75) is 26.2 Å². The van der Waals surface area contributed by atoms with Crippen LogP contribution in [0.2, 0.25) is 0 Å². The molecular weight excluding hydrogens is 391 g/mol. The summed E-state index contributed by atoms with van der Waals surface area (Å²) in [4.78, 5) is 18.0. The number of hydrogen-bond acceptors (Lipinski definition) is 3. The summed E-state index contributed by atoms with van der Waals surface area (Å²) >= 11 is 0. The number of amides is 1. The standard InChI is InChI=1S/C25H25FN4O/c1-16-21(14-30(4)29-16)23-13-20(19-7-5-6-8-22(19)28-23)24(31)27-15-25(2,3)17-9-11-18(26)12-10-17/h5-14H,15H2,1-4H3,(H,27,31). The van der Waals surface area contributed by atoms with Crippen LogP contribution >= 0.6 is 0 Å². The highest BCUT2D eigenvalue weighted by Gasteiger charge is 2.23. The molecule has 5 nitrogen and oxygen atoms in total. The van der Waals surface area contributed by atoms with Crippen LogP contribution < -0.4 is 5.32 Å². The van der Waals surface area contributed by atoms with E-state index in [1.54, 1.807) is 16.8 Å². The molecular formula is C25H25FN4O. The molecule has 4 aromatic rings. The van der Waals surface area contributed by atoms with Crippen LogP contribution in [0.3, 0.4) is 0 Å². The molecule has 0 aliphatic carbocycles. The summed E-state index contributed by atoms with van der Waals surface area (Å²) in [6.45, 7) is 6.39. The number of para-hydroxylation sites is 1. The van der Waals surface area contributed by atoms with Crippen LogP contribution in [-0.4, -0.2) is 27.2 Å². The Morgan fingerprint density at radius 2 is 1.84 bits per heavy atom. The SMILES string of the molecule is Cc1nn(C)cc1-c1cc(C(=O)NCC(C)(C)c2ccc(F)cc2)c2ccccc2n1. The van der Waals surface area contributed by atoms with E-state index in [0.29, 0.717) is 17.8 Å². The Labute approximate surface area is 180 Å². The summed E-state index contributed by atoms with van der Waals surface area (Å²) < 4.78 is 15.0. The van der Waals surface area contributed by atoms with Crippen LogP contribution in [0.4, 0.5) is 4.39 Å². The zero-order valence-corrected chi connectivity index (χ0v) is 18.1. The van der Waals surface area contributed by atoms with E-state index < -0.39 is 0 Å². The molecule has 2 aromatic heterocycles. The molecule has 2 aromatic carbocycles. The molecule has 0 bridgehead atoms. The Morgan fingerprint density at radius 3 is 2.52 bits per heavy atom. The number of benzene rings is 2. The topological polar surface area (TPSA) is 59.8 Å². The van der Waals surface area contributed by atoms with E-state index in [1.807, 2.05) is 64.3 Å². The van der Waals surface area contributed by atoms with Gasteiger partial charge in [0.2, 0.25) is 0 Å². The van der Waals surface area contributed by atoms with E-state index in [4.69, 9.17) is 4.98 Å². The number of nitrogens with zero attached hydrogens (tertiary/aromatic N) is 3. The Morgan fingerprint density at radius 1 is 1.13 bits per heavy atom. The largest absolute Gasteiger partial charge is 0.351 e. The summed E-state index contributed by atoms with van der Waals surface area (Å²) in [6.07, 6.45) is 1.91. The minimum atomic E-state index is -0.352. The van der Waals surface area contributed by atoms with Gasteiger partial charge in [-0.15, -0.1) is 0 Å². The molecule has 6 heteroatoms. The van der Waals surface area contributed by atoms with Crippen molar-refractivity contribution in [2.24, 2.45) is 7.05 Å². The number of nitrogens with one attached hydrogen (secondary N) is 1. The molecule has 0 atom stereocenters. The van der Waals surface area contributed by atoms with E-state index >= 15 is 0 Å². The van der Waals surface area contributed by atoms with E-state index in [9.17, 15) is 9.18 Å². The number of fused-ring (bicyclic) bond motifs is 1. The van der Waals surface area contributed by atoms with Crippen molar-refractivity contribution in [3.63, 3.8) is 0 Å². The number of halogens is 1. The molecule has 0 aliphatic heterocycles. The number of carbonyl (C=O) groups is 1. The Kier molecular flexibility index (Phi) is 5.31. The second kappa shape index (κ2) is 7.95. The van der Waals surface area contributed by atoms with Crippen molar-refractivity contribution >= 4 is 16.8 Å². The predicted molar refractivity (Wildman–Crippen MR) is 120 cm³/mol. The molecule has 0 spiro atoms. The quantitative estimate of drug-likeness (QED) is 0.509. The van der Waals surface area contributed by atoms with E-state index in [1.165, 1.54) is 12.1 Å². The summed E-state index contributed by atoms with van der Waals surface area (Å²) in [7, 11) is 1.86. The van der Waals surface area contributed by atoms with Crippen LogP contribution in [0.1, 0.15) is 35.5 Å². The predicted octanol–water partition coefficient (Wildman–Crippen LogP) is 4.79. The van der Waals surface area contributed by atoms with Crippen LogP contribution in [0.15, 0.2) is 60.8 Å². The Balaban J connectivity index is 1.67. The molecule has 1 amide bonds. The number of aromatic nitrogens is 3. The zero-order valence-electron chi connectivity index (χ0n) is 18.1. The third-order valence-corrected chi connectivity index (χ3v) is 5.57. The average Bonchev–Trinajstić information content (AvgIpc) is 3.09. The van der Waals surface area contributed by atoms with Crippen molar-refractivity contribution in [1.29, 1.82) is 0 Å². The van der Waals surface area contributed by atoms with Gasteiger partial charge in [-0.2, -0.15) is 5.10 Å². The first-order valence-electron chi connectivity index (χ1n) is 10.2. The molecule has 1 N–H and O–H groups in total. The van der Waals surface area contributed by atoms with Gasteiger partial charge in [0, 0.05) is 36.2 Å². The third-order valence-electron chi connectivity index (χ3n) is 5.57. The minimum absolute atomic E-state index is 0.170. The average molecular weight is 417 g/mol. The maximum absolute atomic E-state index is 13.3. The Bertz CT molecular complexity index is 1260. The highest BCUT2D eigenvalue weighted by atomic mass is 19.1. The van der Waals surface area contributed by atoms with Crippen LogP contribution in [-0.2, 0) is 12.5 Å². The molecule has 31 heavy (non-hydrogen) atoms. The van der Waals surface area contributed by atoms with E-state index in [-0.39, 0.29) is 17.1 Å². The van der Waals surface area contributed by atoms with Gasteiger partial charge in [-0.3, -0.25) is 9.48 Å². The normalized spacial score (nSPS) is 11.6. The lowest BCUT2D eigenvalue weighted by Gasteiger charge is -2.26. The van der Waals surface area contributed by atoms with Gasteiger partial charge < -0.3 is 5.32 Å². The van der Waals surface area contributed by atoms with Crippen molar-refractivity contribution in [3.05, 3.63) is 83.4 Å². The fraction of sp³-hybridized carbons (Fsp3) is 0.240. The first-order valence-corrected chi connectivity index (χ1v) is 10.2. The maximum atomic E-state index is 13.3. The number of pyridine rings is 1. The van der Waals surface area contributed by atoms with Gasteiger partial charge in [-0.05, 0) is 36.8 Å². The lowest BCUT2D eigenvalue weighted by atomic mass is 9.84. The zero-order chi connectivity index (χ0) is 22.2.